The number of H-pyrrole nitrogens is 1. The zero-order chi connectivity index (χ0) is 13.4. The lowest BCUT2D eigenvalue weighted by molar-refractivity contribution is 0.768. The van der Waals surface area contributed by atoms with Crippen molar-refractivity contribution in [3.05, 3.63) is 52.6 Å². The summed E-state index contributed by atoms with van der Waals surface area (Å²) in [5.41, 5.74) is 9.06. The number of hydrogen-bond donors (Lipinski definition) is 2. The van der Waals surface area contributed by atoms with Crippen LogP contribution in [0, 0.1) is 0 Å². The van der Waals surface area contributed by atoms with Crippen LogP contribution in [0.1, 0.15) is 5.69 Å². The molecule has 1 aromatic carbocycles. The summed E-state index contributed by atoms with van der Waals surface area (Å²) in [6, 6.07) is 7.30. The summed E-state index contributed by atoms with van der Waals surface area (Å²) in [4.78, 5) is 15.2. The highest BCUT2D eigenvalue weighted by Gasteiger charge is 2.05. The number of halogens is 1. The molecular weight excluding hydrogens is 276 g/mol. The van der Waals surface area contributed by atoms with Gasteiger partial charge in [0.2, 0.25) is 0 Å². The molecule has 2 heterocycles. The Kier molecular flexibility index (Phi) is 3.92. The third-order valence-electron chi connectivity index (χ3n) is 3.14. The van der Waals surface area contributed by atoms with Crippen molar-refractivity contribution in [1.29, 1.82) is 0 Å². The highest BCUT2D eigenvalue weighted by Crippen LogP contribution is 2.21. The van der Waals surface area contributed by atoms with Gasteiger partial charge in [0.05, 0.1) is 6.20 Å². The third kappa shape index (κ3) is 2.45. The summed E-state index contributed by atoms with van der Waals surface area (Å²) in [5, 5.41) is 4.80. The highest BCUT2D eigenvalue weighted by molar-refractivity contribution is 5.85. The van der Waals surface area contributed by atoms with E-state index in [2.05, 4.69) is 10.1 Å². The van der Waals surface area contributed by atoms with E-state index in [0.717, 1.165) is 22.3 Å². The van der Waals surface area contributed by atoms with E-state index in [9.17, 15) is 4.79 Å². The fraction of sp³-hybridized carbons (Fsp3) is 0.143. The van der Waals surface area contributed by atoms with Crippen LogP contribution in [-0.4, -0.2) is 14.8 Å². The van der Waals surface area contributed by atoms with Gasteiger partial charge >= 0.3 is 0 Å². The predicted octanol–water partition coefficient (Wildman–Crippen LogP) is 1.81. The minimum atomic E-state index is -0.0139. The Hall–Kier alpha value is -2.11. The number of nitrogens with one attached hydrogen (secondary N) is 1. The Balaban J connectivity index is 0.00000147. The molecular formula is C14H15ClN4O. The lowest BCUT2D eigenvalue weighted by Gasteiger charge is -2.04. The topological polar surface area (TPSA) is 76.7 Å². The fourth-order valence-corrected chi connectivity index (χ4v) is 2.16. The number of aromatic nitrogens is 3. The first-order valence-corrected chi connectivity index (χ1v) is 6.02. The molecule has 3 N–H and O–H groups in total. The molecule has 0 aliphatic carbocycles. The fourth-order valence-electron chi connectivity index (χ4n) is 2.16. The van der Waals surface area contributed by atoms with Crippen LogP contribution in [0.15, 0.2) is 41.5 Å². The largest absolute Gasteiger partial charge is 0.357 e. The molecule has 5 nitrogen and oxygen atoms in total. The normalized spacial score (nSPS) is 10.5. The monoisotopic (exact) mass is 290 g/mol. The molecule has 0 unspecified atom stereocenters. The second-order valence-corrected chi connectivity index (χ2v) is 4.53. The van der Waals surface area contributed by atoms with Gasteiger partial charge in [0.15, 0.2) is 5.43 Å². The van der Waals surface area contributed by atoms with E-state index in [4.69, 9.17) is 5.73 Å². The molecule has 2 aromatic heterocycles. The van der Waals surface area contributed by atoms with Crippen LogP contribution < -0.4 is 11.2 Å². The lowest BCUT2D eigenvalue weighted by atomic mass is 10.1. The molecule has 0 aliphatic rings. The van der Waals surface area contributed by atoms with Crippen LogP contribution in [0.25, 0.3) is 22.0 Å². The van der Waals surface area contributed by atoms with Gasteiger partial charge in [0.25, 0.3) is 0 Å². The van der Waals surface area contributed by atoms with Crippen molar-refractivity contribution in [2.45, 2.75) is 6.54 Å². The first kappa shape index (κ1) is 14.3. The Bertz CT molecular complexity index is 806. The molecule has 0 fully saturated rings. The highest BCUT2D eigenvalue weighted by atomic mass is 35.5. The van der Waals surface area contributed by atoms with Gasteiger partial charge in [-0.05, 0) is 17.7 Å². The number of nitrogens with zero attached hydrogens (tertiary/aromatic N) is 2. The van der Waals surface area contributed by atoms with E-state index in [0.29, 0.717) is 11.9 Å². The summed E-state index contributed by atoms with van der Waals surface area (Å²) in [6.07, 6.45) is 3.70. The first-order chi connectivity index (χ1) is 9.17. The third-order valence-corrected chi connectivity index (χ3v) is 3.14. The van der Waals surface area contributed by atoms with Crippen LogP contribution in [0.5, 0.6) is 0 Å². The second kappa shape index (κ2) is 5.48. The smallest absolute Gasteiger partial charge is 0.189 e. The van der Waals surface area contributed by atoms with E-state index in [1.165, 1.54) is 0 Å². The van der Waals surface area contributed by atoms with Crippen molar-refractivity contribution in [2.24, 2.45) is 12.8 Å². The molecule has 0 amide bonds. The Morgan fingerprint density at radius 3 is 2.75 bits per heavy atom. The predicted molar refractivity (Wildman–Crippen MR) is 81.9 cm³/mol. The summed E-state index contributed by atoms with van der Waals surface area (Å²) in [5.74, 6) is 0. The summed E-state index contributed by atoms with van der Waals surface area (Å²) >= 11 is 0. The van der Waals surface area contributed by atoms with E-state index >= 15 is 0 Å². The SMILES string of the molecule is Cl.Cn1cc(-c2ccc3[nH]c(CN)cc(=O)c3c2)cn1. The van der Waals surface area contributed by atoms with E-state index in [1.54, 1.807) is 16.9 Å². The summed E-state index contributed by atoms with van der Waals surface area (Å²) < 4.78 is 1.74. The summed E-state index contributed by atoms with van der Waals surface area (Å²) in [7, 11) is 1.87. The van der Waals surface area contributed by atoms with Crippen molar-refractivity contribution < 1.29 is 0 Å². The maximum Gasteiger partial charge on any atom is 0.189 e. The van der Waals surface area contributed by atoms with Gasteiger partial charge in [-0.2, -0.15) is 5.10 Å². The van der Waals surface area contributed by atoms with Gasteiger partial charge in [0, 0.05) is 48.0 Å². The maximum absolute atomic E-state index is 12.1. The molecule has 3 rings (SSSR count). The molecule has 0 bridgehead atoms. The second-order valence-electron chi connectivity index (χ2n) is 4.53. The standard InChI is InChI=1S/C14H14N4O.ClH/c1-18-8-10(7-16-18)9-2-3-13-12(4-9)14(19)5-11(6-15)17-13;/h2-5,7-8H,6,15H2,1H3,(H,17,19);1H. The Morgan fingerprint density at radius 1 is 1.30 bits per heavy atom. The van der Waals surface area contributed by atoms with Gasteiger partial charge in [-0.25, -0.2) is 0 Å². The first-order valence-electron chi connectivity index (χ1n) is 6.02. The molecule has 104 valence electrons. The number of benzene rings is 1. The minimum Gasteiger partial charge on any atom is -0.357 e. The molecule has 0 spiro atoms. The van der Waals surface area contributed by atoms with Crippen LogP contribution in [0.2, 0.25) is 0 Å². The zero-order valence-electron chi connectivity index (χ0n) is 11.0. The number of nitrogens with two attached hydrogens (primary N) is 1. The number of aromatic amines is 1. The van der Waals surface area contributed by atoms with Crippen molar-refractivity contribution >= 4 is 23.3 Å². The summed E-state index contributed by atoms with van der Waals surface area (Å²) in [6.45, 7) is 0.329. The van der Waals surface area contributed by atoms with E-state index in [-0.39, 0.29) is 17.8 Å². The van der Waals surface area contributed by atoms with Gasteiger partial charge in [-0.15, -0.1) is 12.4 Å². The number of fused-ring (bicyclic) bond motifs is 1. The molecule has 0 radical (unpaired) electrons. The van der Waals surface area contributed by atoms with Gasteiger partial charge in [-0.1, -0.05) is 6.07 Å². The minimum absolute atomic E-state index is 0. The Morgan fingerprint density at radius 2 is 2.10 bits per heavy atom. The average molecular weight is 291 g/mol. The number of pyridine rings is 1. The maximum atomic E-state index is 12.1. The molecule has 0 atom stereocenters. The quantitative estimate of drug-likeness (QED) is 0.756. The zero-order valence-corrected chi connectivity index (χ0v) is 11.8. The molecule has 6 heteroatoms. The van der Waals surface area contributed by atoms with Crippen molar-refractivity contribution in [1.82, 2.24) is 14.8 Å². The van der Waals surface area contributed by atoms with Crippen molar-refractivity contribution in [3.63, 3.8) is 0 Å². The van der Waals surface area contributed by atoms with Crippen molar-refractivity contribution in [3.8, 4) is 11.1 Å². The average Bonchev–Trinajstić information content (AvgIpc) is 2.85. The number of rotatable bonds is 2. The van der Waals surface area contributed by atoms with Crippen LogP contribution >= 0.6 is 12.4 Å². The van der Waals surface area contributed by atoms with Crippen LogP contribution in [-0.2, 0) is 13.6 Å². The molecule has 3 aromatic rings. The molecule has 20 heavy (non-hydrogen) atoms. The molecule has 0 saturated heterocycles. The van der Waals surface area contributed by atoms with Gasteiger partial charge in [-0.3, -0.25) is 9.48 Å². The lowest BCUT2D eigenvalue weighted by Crippen LogP contribution is -2.08. The van der Waals surface area contributed by atoms with Crippen molar-refractivity contribution in [2.75, 3.05) is 0 Å². The Labute approximate surface area is 121 Å². The van der Waals surface area contributed by atoms with Gasteiger partial charge in [0.1, 0.15) is 0 Å². The van der Waals surface area contributed by atoms with E-state index < -0.39 is 0 Å². The van der Waals surface area contributed by atoms with Crippen LogP contribution in [0.4, 0.5) is 0 Å². The number of hydrogen-bond acceptors (Lipinski definition) is 3. The molecule has 0 aliphatic heterocycles. The molecule has 0 saturated carbocycles. The van der Waals surface area contributed by atoms with E-state index in [1.807, 2.05) is 31.4 Å². The number of aryl methyl sites for hydroxylation is 1. The van der Waals surface area contributed by atoms with Gasteiger partial charge < -0.3 is 10.7 Å². The van der Waals surface area contributed by atoms with Crippen LogP contribution in [0.3, 0.4) is 0 Å².